The molecule has 1 aromatic heterocycles. The first-order chi connectivity index (χ1) is 8.48. The van der Waals surface area contributed by atoms with E-state index in [9.17, 15) is 8.42 Å². The highest BCUT2D eigenvalue weighted by molar-refractivity contribution is 7.89. The van der Waals surface area contributed by atoms with Crippen LogP contribution in [0.25, 0.3) is 0 Å². The summed E-state index contributed by atoms with van der Waals surface area (Å²) in [7, 11) is -1.87. The number of aryl methyl sites for hydroxylation is 1. The van der Waals surface area contributed by atoms with Crippen LogP contribution < -0.4 is 5.73 Å². The topological polar surface area (TPSA) is 81.2 Å². The van der Waals surface area contributed by atoms with Crippen molar-refractivity contribution in [3.8, 4) is 0 Å². The molecule has 0 aromatic carbocycles. The Kier molecular flexibility index (Phi) is 3.74. The first-order valence-electron chi connectivity index (χ1n) is 6.20. The molecule has 0 aliphatic carbocycles. The zero-order valence-corrected chi connectivity index (χ0v) is 11.6. The van der Waals surface area contributed by atoms with Gasteiger partial charge in [0.1, 0.15) is 0 Å². The number of sulfonamides is 1. The molecule has 2 rings (SSSR count). The lowest BCUT2D eigenvalue weighted by molar-refractivity contribution is 0.195. The number of hydrogen-bond acceptors (Lipinski definition) is 4. The van der Waals surface area contributed by atoms with Crippen molar-refractivity contribution < 1.29 is 8.42 Å². The monoisotopic (exact) mass is 272 g/mol. The summed E-state index contributed by atoms with van der Waals surface area (Å²) in [6.45, 7) is 2.30. The Morgan fingerprint density at radius 1 is 1.50 bits per heavy atom. The predicted octanol–water partition coefficient (Wildman–Crippen LogP) is 0.311. The average Bonchev–Trinajstić information content (AvgIpc) is 2.75. The number of hydrogen-bond donors (Lipinski definition) is 1. The second-order valence-electron chi connectivity index (χ2n) is 4.80. The Morgan fingerprint density at radius 2 is 2.22 bits per heavy atom. The van der Waals surface area contributed by atoms with E-state index in [2.05, 4.69) is 5.10 Å². The molecule has 0 saturated carbocycles. The molecule has 1 aliphatic heterocycles. The smallest absolute Gasteiger partial charge is 0.260 e. The van der Waals surface area contributed by atoms with Crippen LogP contribution in [0.4, 0.5) is 0 Å². The van der Waals surface area contributed by atoms with Gasteiger partial charge in [0.15, 0.2) is 5.03 Å². The van der Waals surface area contributed by atoms with Gasteiger partial charge in [-0.1, -0.05) is 6.42 Å². The average molecular weight is 272 g/mol. The fourth-order valence-electron chi connectivity index (χ4n) is 2.64. The third-order valence-corrected chi connectivity index (χ3v) is 5.69. The fourth-order valence-corrected chi connectivity index (χ4v) is 4.63. The Bertz CT molecular complexity index is 511. The van der Waals surface area contributed by atoms with Crippen LogP contribution in [0, 0.1) is 0 Å². The summed E-state index contributed by atoms with van der Waals surface area (Å²) in [6, 6.07) is 1.42. The lowest BCUT2D eigenvalue weighted by atomic mass is 10.00. The summed E-state index contributed by atoms with van der Waals surface area (Å²) in [6.07, 6.45) is 4.24. The number of nitrogens with zero attached hydrogens (tertiary/aromatic N) is 3. The minimum absolute atomic E-state index is 0.00722. The summed E-state index contributed by atoms with van der Waals surface area (Å²) >= 11 is 0. The normalized spacial score (nSPS) is 26.4. The molecule has 0 spiro atoms. The zero-order chi connectivity index (χ0) is 13.3. The minimum Gasteiger partial charge on any atom is -0.329 e. The molecular weight excluding hydrogens is 252 g/mol. The molecule has 2 atom stereocenters. The van der Waals surface area contributed by atoms with Crippen molar-refractivity contribution in [2.24, 2.45) is 12.8 Å². The molecule has 18 heavy (non-hydrogen) atoms. The Morgan fingerprint density at radius 3 is 2.78 bits per heavy atom. The van der Waals surface area contributed by atoms with Crippen molar-refractivity contribution in [1.29, 1.82) is 0 Å². The van der Waals surface area contributed by atoms with Gasteiger partial charge in [-0.15, -0.1) is 0 Å². The minimum atomic E-state index is -3.51. The van der Waals surface area contributed by atoms with Crippen molar-refractivity contribution in [2.75, 3.05) is 6.54 Å². The van der Waals surface area contributed by atoms with Crippen LogP contribution in [0.5, 0.6) is 0 Å². The number of rotatable bonds is 3. The van der Waals surface area contributed by atoms with Gasteiger partial charge in [0, 0.05) is 25.7 Å². The first-order valence-corrected chi connectivity index (χ1v) is 7.64. The lowest BCUT2D eigenvalue weighted by Crippen LogP contribution is -2.52. The molecule has 2 unspecified atom stereocenters. The molecule has 102 valence electrons. The highest BCUT2D eigenvalue weighted by atomic mass is 32.2. The van der Waals surface area contributed by atoms with Crippen LogP contribution in [-0.2, 0) is 17.1 Å². The molecule has 1 fully saturated rings. The molecule has 1 aliphatic rings. The van der Waals surface area contributed by atoms with Crippen LogP contribution >= 0.6 is 0 Å². The van der Waals surface area contributed by atoms with E-state index in [0.717, 1.165) is 19.3 Å². The summed E-state index contributed by atoms with van der Waals surface area (Å²) in [5.74, 6) is 0. The molecule has 0 amide bonds. The van der Waals surface area contributed by atoms with Gasteiger partial charge in [-0.3, -0.25) is 4.68 Å². The molecule has 0 bridgehead atoms. The second-order valence-corrected chi connectivity index (χ2v) is 6.59. The van der Waals surface area contributed by atoms with Crippen LogP contribution in [0.15, 0.2) is 17.3 Å². The molecule has 6 nitrogen and oxygen atoms in total. The van der Waals surface area contributed by atoms with Crippen molar-refractivity contribution in [3.63, 3.8) is 0 Å². The van der Waals surface area contributed by atoms with Crippen LogP contribution in [0.2, 0.25) is 0 Å². The van der Waals surface area contributed by atoms with Crippen LogP contribution in [-0.4, -0.2) is 41.1 Å². The maximum Gasteiger partial charge on any atom is 0.260 e. The maximum atomic E-state index is 12.7. The molecule has 1 saturated heterocycles. The maximum absolute atomic E-state index is 12.7. The molecule has 7 heteroatoms. The van der Waals surface area contributed by atoms with Crippen molar-refractivity contribution in [2.45, 2.75) is 43.3 Å². The Balaban J connectivity index is 2.41. The van der Waals surface area contributed by atoms with Crippen LogP contribution in [0.3, 0.4) is 0 Å². The summed E-state index contributed by atoms with van der Waals surface area (Å²) in [5.41, 5.74) is 5.72. The van der Waals surface area contributed by atoms with E-state index in [0.29, 0.717) is 6.54 Å². The fraction of sp³-hybridized carbons (Fsp3) is 0.727. The van der Waals surface area contributed by atoms with Crippen molar-refractivity contribution in [1.82, 2.24) is 14.1 Å². The molecular formula is C11H20N4O2S. The van der Waals surface area contributed by atoms with Gasteiger partial charge in [-0.2, -0.15) is 9.40 Å². The van der Waals surface area contributed by atoms with Gasteiger partial charge in [-0.25, -0.2) is 8.42 Å². The van der Waals surface area contributed by atoms with Gasteiger partial charge in [0.25, 0.3) is 10.0 Å². The van der Waals surface area contributed by atoms with E-state index in [4.69, 9.17) is 5.73 Å². The van der Waals surface area contributed by atoms with Crippen molar-refractivity contribution >= 4 is 10.0 Å². The highest BCUT2D eigenvalue weighted by Crippen LogP contribution is 2.28. The Labute approximate surface area is 108 Å². The van der Waals surface area contributed by atoms with E-state index >= 15 is 0 Å². The third-order valence-electron chi connectivity index (χ3n) is 3.54. The van der Waals surface area contributed by atoms with Gasteiger partial charge in [0.2, 0.25) is 0 Å². The zero-order valence-electron chi connectivity index (χ0n) is 10.8. The van der Waals surface area contributed by atoms with E-state index in [1.807, 2.05) is 6.92 Å². The quantitative estimate of drug-likeness (QED) is 0.858. The summed E-state index contributed by atoms with van der Waals surface area (Å²) in [4.78, 5) is 0. The number of aromatic nitrogens is 2. The largest absolute Gasteiger partial charge is 0.329 e. The predicted molar refractivity (Wildman–Crippen MR) is 68.4 cm³/mol. The van der Waals surface area contributed by atoms with Gasteiger partial charge >= 0.3 is 0 Å². The SMILES string of the molecule is CC1CCCC(CN)N1S(=O)(=O)c1ccnn1C. The van der Waals surface area contributed by atoms with Crippen LogP contribution in [0.1, 0.15) is 26.2 Å². The molecule has 1 aromatic rings. The van der Waals surface area contributed by atoms with E-state index in [-0.39, 0.29) is 17.1 Å². The Hall–Kier alpha value is -0.920. The highest BCUT2D eigenvalue weighted by Gasteiger charge is 2.38. The van der Waals surface area contributed by atoms with Gasteiger partial charge < -0.3 is 5.73 Å². The van der Waals surface area contributed by atoms with E-state index < -0.39 is 10.0 Å². The molecule has 2 N–H and O–H groups in total. The van der Waals surface area contributed by atoms with Gasteiger partial charge in [-0.05, 0) is 25.8 Å². The summed E-state index contributed by atoms with van der Waals surface area (Å²) < 4.78 is 28.3. The third kappa shape index (κ3) is 2.17. The number of piperidine rings is 1. The number of nitrogens with two attached hydrogens (primary N) is 1. The lowest BCUT2D eigenvalue weighted by Gasteiger charge is -2.38. The van der Waals surface area contributed by atoms with Crippen molar-refractivity contribution in [3.05, 3.63) is 12.3 Å². The second kappa shape index (κ2) is 4.99. The van der Waals surface area contributed by atoms with E-state index in [1.165, 1.54) is 16.9 Å². The summed E-state index contributed by atoms with van der Waals surface area (Å²) in [5, 5.41) is 4.16. The first kappa shape index (κ1) is 13.5. The molecule has 2 heterocycles. The van der Waals surface area contributed by atoms with Gasteiger partial charge in [0.05, 0.1) is 6.20 Å². The standard InChI is InChI=1S/C11H20N4O2S/c1-9-4-3-5-10(8-12)15(9)18(16,17)11-6-7-13-14(11)2/h6-7,9-10H,3-5,8,12H2,1-2H3. The van der Waals surface area contributed by atoms with E-state index in [1.54, 1.807) is 11.4 Å². The molecule has 0 radical (unpaired) electrons.